The van der Waals surface area contributed by atoms with E-state index in [1.807, 2.05) is 13.0 Å². The summed E-state index contributed by atoms with van der Waals surface area (Å²) >= 11 is 0. The monoisotopic (exact) mass is 290 g/mol. The Labute approximate surface area is 126 Å². The Morgan fingerprint density at radius 3 is 2.76 bits per heavy atom. The van der Waals surface area contributed by atoms with Crippen molar-refractivity contribution in [1.29, 1.82) is 0 Å². The number of nitrogens with zero attached hydrogens (tertiary/aromatic N) is 1. The molecule has 4 heteroatoms. The maximum absolute atomic E-state index is 11.4. The maximum atomic E-state index is 11.4. The summed E-state index contributed by atoms with van der Waals surface area (Å²) in [6.45, 7) is 5.71. The van der Waals surface area contributed by atoms with Gasteiger partial charge >= 0.3 is 5.63 Å². The van der Waals surface area contributed by atoms with Crippen molar-refractivity contribution in [3.8, 4) is 0 Å². The van der Waals surface area contributed by atoms with Crippen LogP contribution in [0.15, 0.2) is 21.3 Å². The van der Waals surface area contributed by atoms with Crippen molar-refractivity contribution in [2.75, 3.05) is 19.6 Å². The van der Waals surface area contributed by atoms with E-state index in [1.165, 1.54) is 32.1 Å². The number of piperidine rings is 1. The van der Waals surface area contributed by atoms with Gasteiger partial charge in [-0.1, -0.05) is 6.42 Å². The van der Waals surface area contributed by atoms with Crippen molar-refractivity contribution in [1.82, 2.24) is 4.90 Å². The quantitative estimate of drug-likeness (QED) is 0.928. The molecule has 4 nitrogen and oxygen atoms in total. The lowest BCUT2D eigenvalue weighted by molar-refractivity contribution is 0.0633. The van der Waals surface area contributed by atoms with E-state index >= 15 is 0 Å². The number of rotatable bonds is 3. The van der Waals surface area contributed by atoms with Crippen LogP contribution < -0.4 is 11.4 Å². The molecule has 2 aliphatic rings. The Kier molecular flexibility index (Phi) is 4.18. The Morgan fingerprint density at radius 1 is 1.33 bits per heavy atom. The SMILES string of the molecule is Cc1cc(CN2CCC3(CCCC3CN)CC2)oc(=O)c1. The van der Waals surface area contributed by atoms with Gasteiger partial charge in [-0.15, -0.1) is 0 Å². The molecule has 0 amide bonds. The van der Waals surface area contributed by atoms with Crippen LogP contribution in [0, 0.1) is 18.3 Å². The lowest BCUT2D eigenvalue weighted by Gasteiger charge is -2.43. The van der Waals surface area contributed by atoms with Gasteiger partial charge in [0.15, 0.2) is 0 Å². The Morgan fingerprint density at radius 2 is 2.10 bits per heavy atom. The van der Waals surface area contributed by atoms with Gasteiger partial charge in [-0.05, 0) is 75.2 Å². The van der Waals surface area contributed by atoms with E-state index in [4.69, 9.17) is 10.2 Å². The highest BCUT2D eigenvalue weighted by Gasteiger charge is 2.43. The summed E-state index contributed by atoms with van der Waals surface area (Å²) in [4.78, 5) is 13.9. The Hall–Kier alpha value is -1.13. The summed E-state index contributed by atoms with van der Waals surface area (Å²) in [5.41, 5.74) is 7.21. The summed E-state index contributed by atoms with van der Waals surface area (Å²) in [5, 5.41) is 0. The molecule has 1 atom stereocenters. The molecule has 1 aromatic rings. The molecule has 0 bridgehead atoms. The average molecular weight is 290 g/mol. The van der Waals surface area contributed by atoms with E-state index < -0.39 is 0 Å². The fourth-order valence-electron chi connectivity index (χ4n) is 4.36. The lowest BCUT2D eigenvalue weighted by atomic mass is 9.70. The molecule has 3 rings (SSSR count). The predicted octanol–water partition coefficient (Wildman–Crippen LogP) is 2.29. The Balaban J connectivity index is 1.62. The van der Waals surface area contributed by atoms with Crippen molar-refractivity contribution in [2.24, 2.45) is 17.1 Å². The molecular weight excluding hydrogens is 264 g/mol. The molecular formula is C17H26N2O2. The van der Waals surface area contributed by atoms with Crippen LogP contribution >= 0.6 is 0 Å². The molecule has 0 aromatic carbocycles. The summed E-state index contributed by atoms with van der Waals surface area (Å²) < 4.78 is 5.30. The molecule has 1 aliphatic carbocycles. The van der Waals surface area contributed by atoms with Gasteiger partial charge < -0.3 is 10.2 Å². The molecule has 2 fully saturated rings. The van der Waals surface area contributed by atoms with Gasteiger partial charge in [0, 0.05) is 6.07 Å². The fourth-order valence-corrected chi connectivity index (χ4v) is 4.36. The van der Waals surface area contributed by atoms with Crippen LogP contribution in [0.5, 0.6) is 0 Å². The van der Waals surface area contributed by atoms with Crippen LogP contribution in [-0.2, 0) is 6.54 Å². The molecule has 116 valence electrons. The van der Waals surface area contributed by atoms with Crippen molar-refractivity contribution in [3.63, 3.8) is 0 Å². The van der Waals surface area contributed by atoms with Gasteiger partial charge in [-0.25, -0.2) is 4.79 Å². The molecule has 0 radical (unpaired) electrons. The van der Waals surface area contributed by atoms with Crippen LogP contribution in [0.2, 0.25) is 0 Å². The largest absolute Gasteiger partial charge is 0.426 e. The van der Waals surface area contributed by atoms with Crippen LogP contribution in [0.4, 0.5) is 0 Å². The average Bonchev–Trinajstić information content (AvgIpc) is 2.83. The molecule has 2 heterocycles. The molecule has 1 aliphatic heterocycles. The van der Waals surface area contributed by atoms with Gasteiger partial charge in [0.05, 0.1) is 6.54 Å². The summed E-state index contributed by atoms with van der Waals surface area (Å²) in [6, 6.07) is 3.52. The highest BCUT2D eigenvalue weighted by atomic mass is 16.4. The zero-order valence-electron chi connectivity index (χ0n) is 12.9. The predicted molar refractivity (Wildman–Crippen MR) is 83.1 cm³/mol. The first-order valence-corrected chi connectivity index (χ1v) is 8.14. The Bertz CT molecular complexity index is 544. The second-order valence-corrected chi connectivity index (χ2v) is 6.88. The van der Waals surface area contributed by atoms with Crippen molar-refractivity contribution in [3.05, 3.63) is 33.9 Å². The van der Waals surface area contributed by atoms with Crippen LogP contribution in [0.1, 0.15) is 43.4 Å². The number of aryl methyl sites for hydroxylation is 1. The molecule has 1 unspecified atom stereocenters. The van der Waals surface area contributed by atoms with Crippen molar-refractivity contribution in [2.45, 2.75) is 45.6 Å². The summed E-state index contributed by atoms with van der Waals surface area (Å²) in [6.07, 6.45) is 6.48. The second-order valence-electron chi connectivity index (χ2n) is 6.88. The standard InChI is InChI=1S/C17H26N2O2/c1-13-9-15(21-16(20)10-13)12-19-7-5-17(6-8-19)4-2-3-14(17)11-18/h9-10,14H,2-8,11-12,18H2,1H3. The third-order valence-corrected chi connectivity index (χ3v) is 5.57. The minimum Gasteiger partial charge on any atom is -0.426 e. The highest BCUT2D eigenvalue weighted by molar-refractivity contribution is 5.11. The van der Waals surface area contributed by atoms with E-state index in [9.17, 15) is 4.79 Å². The number of likely N-dealkylation sites (tertiary alicyclic amines) is 1. The van der Waals surface area contributed by atoms with E-state index in [-0.39, 0.29) is 5.63 Å². The second kappa shape index (κ2) is 5.93. The van der Waals surface area contributed by atoms with Crippen molar-refractivity contribution >= 4 is 0 Å². The zero-order chi connectivity index (χ0) is 14.9. The zero-order valence-corrected chi connectivity index (χ0v) is 12.9. The number of hydrogen-bond acceptors (Lipinski definition) is 4. The molecule has 1 saturated heterocycles. The third kappa shape index (κ3) is 3.06. The van der Waals surface area contributed by atoms with Gasteiger partial charge in [-0.3, -0.25) is 4.90 Å². The van der Waals surface area contributed by atoms with Crippen LogP contribution in [0.25, 0.3) is 0 Å². The molecule has 2 N–H and O–H groups in total. The van der Waals surface area contributed by atoms with Gasteiger partial charge in [0.25, 0.3) is 0 Å². The van der Waals surface area contributed by atoms with E-state index in [0.29, 0.717) is 5.41 Å². The molecule has 1 saturated carbocycles. The topological polar surface area (TPSA) is 59.5 Å². The van der Waals surface area contributed by atoms with E-state index in [0.717, 1.165) is 43.4 Å². The minimum absolute atomic E-state index is 0.238. The fraction of sp³-hybridized carbons (Fsp3) is 0.706. The first-order chi connectivity index (χ1) is 10.1. The highest BCUT2D eigenvalue weighted by Crippen LogP contribution is 2.50. The normalized spacial score (nSPS) is 25.5. The van der Waals surface area contributed by atoms with Crippen LogP contribution in [0.3, 0.4) is 0 Å². The maximum Gasteiger partial charge on any atom is 0.336 e. The minimum atomic E-state index is -0.238. The van der Waals surface area contributed by atoms with Gasteiger partial charge in [0.2, 0.25) is 0 Å². The smallest absolute Gasteiger partial charge is 0.336 e. The molecule has 1 aromatic heterocycles. The van der Waals surface area contributed by atoms with Crippen LogP contribution in [-0.4, -0.2) is 24.5 Å². The van der Waals surface area contributed by atoms with Crippen molar-refractivity contribution < 1.29 is 4.42 Å². The van der Waals surface area contributed by atoms with Gasteiger partial charge in [-0.2, -0.15) is 0 Å². The number of nitrogens with two attached hydrogens (primary N) is 1. The first kappa shape index (κ1) is 14.8. The molecule has 21 heavy (non-hydrogen) atoms. The molecule has 1 spiro atoms. The first-order valence-electron chi connectivity index (χ1n) is 8.14. The van der Waals surface area contributed by atoms with E-state index in [1.54, 1.807) is 6.07 Å². The van der Waals surface area contributed by atoms with E-state index in [2.05, 4.69) is 4.90 Å². The summed E-state index contributed by atoms with van der Waals surface area (Å²) in [7, 11) is 0. The number of hydrogen-bond donors (Lipinski definition) is 1. The van der Waals surface area contributed by atoms with Gasteiger partial charge in [0.1, 0.15) is 5.76 Å². The lowest BCUT2D eigenvalue weighted by Crippen LogP contribution is -2.43. The summed E-state index contributed by atoms with van der Waals surface area (Å²) in [5.74, 6) is 1.51. The third-order valence-electron chi connectivity index (χ3n) is 5.57.